The number of carbonyl (C=O) groups is 3. The highest BCUT2D eigenvalue weighted by Gasteiger charge is 2.20. The van der Waals surface area contributed by atoms with Crippen molar-refractivity contribution in [2.75, 3.05) is 18.2 Å². The van der Waals surface area contributed by atoms with Crippen LogP contribution in [0.3, 0.4) is 0 Å². The summed E-state index contributed by atoms with van der Waals surface area (Å²) < 4.78 is 10.2. The summed E-state index contributed by atoms with van der Waals surface area (Å²) in [6, 6.07) is 8.76. The average molecular weight is 394 g/mol. The van der Waals surface area contributed by atoms with Gasteiger partial charge >= 0.3 is 5.97 Å². The molecule has 1 heterocycles. The smallest absolute Gasteiger partial charge is 0.317 e. The van der Waals surface area contributed by atoms with Gasteiger partial charge in [0.2, 0.25) is 0 Å². The summed E-state index contributed by atoms with van der Waals surface area (Å²) in [6.07, 6.45) is -0.998. The normalized spacial score (nSPS) is 11.5. The lowest BCUT2D eigenvalue weighted by Crippen LogP contribution is -2.31. The van der Waals surface area contributed by atoms with Gasteiger partial charge in [0, 0.05) is 4.90 Å². The van der Waals surface area contributed by atoms with E-state index in [9.17, 15) is 14.4 Å². The number of hydrogen-bond donors (Lipinski definition) is 2. The van der Waals surface area contributed by atoms with E-state index in [1.54, 1.807) is 24.6 Å². The largest absolute Gasteiger partial charge is 0.497 e. The van der Waals surface area contributed by atoms with Crippen LogP contribution >= 0.6 is 23.1 Å². The monoisotopic (exact) mass is 394 g/mol. The Morgan fingerprint density at radius 1 is 1.23 bits per heavy atom. The van der Waals surface area contributed by atoms with Crippen LogP contribution in [0.5, 0.6) is 5.75 Å². The summed E-state index contributed by atoms with van der Waals surface area (Å²) in [5.41, 5.74) is 5.44. The predicted molar refractivity (Wildman–Crippen MR) is 101 cm³/mol. The number of anilines is 1. The van der Waals surface area contributed by atoms with Crippen molar-refractivity contribution in [2.45, 2.75) is 17.9 Å². The van der Waals surface area contributed by atoms with Gasteiger partial charge in [-0.15, -0.1) is 23.1 Å². The van der Waals surface area contributed by atoms with E-state index in [2.05, 4.69) is 5.32 Å². The number of thiophene rings is 1. The Balaban J connectivity index is 1.82. The number of hydrogen-bond acceptors (Lipinski definition) is 7. The maximum atomic E-state index is 12.1. The number of nitrogens with two attached hydrogens (primary N) is 1. The van der Waals surface area contributed by atoms with Gasteiger partial charge in [-0.05, 0) is 42.6 Å². The molecule has 0 saturated heterocycles. The van der Waals surface area contributed by atoms with Crippen molar-refractivity contribution < 1.29 is 23.9 Å². The molecule has 1 aromatic carbocycles. The Kier molecular flexibility index (Phi) is 7.05. The van der Waals surface area contributed by atoms with Crippen LogP contribution < -0.4 is 15.8 Å². The van der Waals surface area contributed by atoms with Gasteiger partial charge in [0.05, 0.1) is 18.4 Å². The summed E-state index contributed by atoms with van der Waals surface area (Å²) in [6.45, 7) is 1.46. The third-order valence-electron chi connectivity index (χ3n) is 3.26. The molecule has 2 rings (SSSR count). The molecule has 2 amide bonds. The molecule has 0 spiro atoms. The Labute approximate surface area is 158 Å². The zero-order valence-corrected chi connectivity index (χ0v) is 15.8. The van der Waals surface area contributed by atoms with Gasteiger partial charge in [0.1, 0.15) is 10.8 Å². The third kappa shape index (κ3) is 5.50. The SMILES string of the molecule is COc1ccc(SCC(=O)O[C@@H](C)C(=O)Nc2sccc2C(N)=O)cc1. The van der Waals surface area contributed by atoms with E-state index >= 15 is 0 Å². The Morgan fingerprint density at radius 2 is 1.92 bits per heavy atom. The maximum Gasteiger partial charge on any atom is 0.317 e. The lowest BCUT2D eigenvalue weighted by molar-refractivity contribution is -0.150. The zero-order chi connectivity index (χ0) is 19.1. The summed E-state index contributed by atoms with van der Waals surface area (Å²) in [5, 5.41) is 4.51. The molecule has 9 heteroatoms. The van der Waals surface area contributed by atoms with E-state index in [1.807, 2.05) is 12.1 Å². The first-order chi connectivity index (χ1) is 12.4. The topological polar surface area (TPSA) is 108 Å². The highest BCUT2D eigenvalue weighted by Crippen LogP contribution is 2.23. The second-order valence-corrected chi connectivity index (χ2v) is 7.08. The van der Waals surface area contributed by atoms with Gasteiger partial charge in [-0.1, -0.05) is 0 Å². The molecule has 0 aliphatic carbocycles. The van der Waals surface area contributed by atoms with Crippen molar-refractivity contribution in [1.29, 1.82) is 0 Å². The molecule has 0 bridgehead atoms. The first-order valence-electron chi connectivity index (χ1n) is 7.55. The fourth-order valence-electron chi connectivity index (χ4n) is 1.91. The molecule has 0 aliphatic rings. The molecule has 1 atom stereocenters. The Hall–Kier alpha value is -2.52. The second kappa shape index (κ2) is 9.25. The van der Waals surface area contributed by atoms with Gasteiger partial charge < -0.3 is 20.5 Å². The molecule has 0 unspecified atom stereocenters. The molecule has 7 nitrogen and oxygen atoms in total. The minimum Gasteiger partial charge on any atom is -0.497 e. The molecule has 0 radical (unpaired) electrons. The van der Waals surface area contributed by atoms with Crippen molar-refractivity contribution in [2.24, 2.45) is 5.73 Å². The van der Waals surface area contributed by atoms with Crippen LogP contribution in [0.15, 0.2) is 40.6 Å². The standard InChI is InChI=1S/C17H18N2O5S2/c1-10(16(22)19-17-13(15(18)21)7-8-25-17)24-14(20)9-26-12-5-3-11(23-2)4-6-12/h3-8,10H,9H2,1-2H3,(H2,18,21)(H,19,22)/t10-/m0/s1. The van der Waals surface area contributed by atoms with Crippen molar-refractivity contribution in [3.05, 3.63) is 41.3 Å². The second-order valence-electron chi connectivity index (χ2n) is 5.11. The molecular formula is C17H18N2O5S2. The van der Waals surface area contributed by atoms with Gasteiger partial charge in [0.25, 0.3) is 11.8 Å². The van der Waals surface area contributed by atoms with Crippen molar-refractivity contribution >= 4 is 45.9 Å². The summed E-state index contributed by atoms with van der Waals surface area (Å²) in [5.74, 6) is -0.893. The molecule has 0 fully saturated rings. The Morgan fingerprint density at radius 3 is 2.54 bits per heavy atom. The minimum atomic E-state index is -0.998. The van der Waals surface area contributed by atoms with Gasteiger partial charge in [-0.2, -0.15) is 0 Å². The first-order valence-corrected chi connectivity index (χ1v) is 9.41. The van der Waals surface area contributed by atoms with Crippen LogP contribution in [0, 0.1) is 0 Å². The van der Waals surface area contributed by atoms with Crippen molar-refractivity contribution in [3.63, 3.8) is 0 Å². The molecule has 0 aliphatic heterocycles. The number of thioether (sulfide) groups is 1. The predicted octanol–water partition coefficient (Wildman–Crippen LogP) is 2.52. The fraction of sp³-hybridized carbons (Fsp3) is 0.235. The molecule has 138 valence electrons. The van der Waals surface area contributed by atoms with E-state index in [0.29, 0.717) is 5.00 Å². The molecule has 3 N–H and O–H groups in total. The molecule has 26 heavy (non-hydrogen) atoms. The number of nitrogens with one attached hydrogen (secondary N) is 1. The summed E-state index contributed by atoms with van der Waals surface area (Å²) in [4.78, 5) is 36.2. The molecular weight excluding hydrogens is 376 g/mol. The lowest BCUT2D eigenvalue weighted by atomic mass is 10.3. The third-order valence-corrected chi connectivity index (χ3v) is 5.08. The van der Waals surface area contributed by atoms with E-state index in [4.69, 9.17) is 15.2 Å². The zero-order valence-electron chi connectivity index (χ0n) is 14.2. The van der Waals surface area contributed by atoms with E-state index < -0.39 is 23.9 Å². The maximum absolute atomic E-state index is 12.1. The van der Waals surface area contributed by atoms with Crippen molar-refractivity contribution in [1.82, 2.24) is 0 Å². The van der Waals surface area contributed by atoms with Crippen LogP contribution in [-0.2, 0) is 14.3 Å². The quantitative estimate of drug-likeness (QED) is 0.526. The van der Waals surface area contributed by atoms with Gasteiger partial charge in [0.15, 0.2) is 6.10 Å². The number of esters is 1. The average Bonchev–Trinajstić information content (AvgIpc) is 3.08. The highest BCUT2D eigenvalue weighted by molar-refractivity contribution is 8.00. The van der Waals surface area contributed by atoms with Crippen molar-refractivity contribution in [3.8, 4) is 5.75 Å². The van der Waals surface area contributed by atoms with E-state index in [1.165, 1.54) is 36.1 Å². The number of carbonyl (C=O) groups excluding carboxylic acids is 3. The Bertz CT molecular complexity index is 789. The lowest BCUT2D eigenvalue weighted by Gasteiger charge is -2.13. The van der Waals surface area contributed by atoms with Crippen LogP contribution in [-0.4, -0.2) is 36.8 Å². The van der Waals surface area contributed by atoms with Gasteiger partial charge in [-0.3, -0.25) is 14.4 Å². The number of methoxy groups -OCH3 is 1. The highest BCUT2D eigenvalue weighted by atomic mass is 32.2. The number of ether oxygens (including phenoxy) is 2. The number of rotatable bonds is 8. The minimum absolute atomic E-state index is 0.0650. The van der Waals surface area contributed by atoms with Crippen LogP contribution in [0.25, 0.3) is 0 Å². The molecule has 0 saturated carbocycles. The molecule has 2 aromatic rings. The van der Waals surface area contributed by atoms with Gasteiger partial charge in [-0.25, -0.2) is 0 Å². The number of primary amides is 1. The fourth-order valence-corrected chi connectivity index (χ4v) is 3.39. The summed E-state index contributed by atoms with van der Waals surface area (Å²) in [7, 11) is 1.58. The number of benzene rings is 1. The first kappa shape index (κ1) is 19.8. The van der Waals surface area contributed by atoms with Crippen LogP contribution in [0.1, 0.15) is 17.3 Å². The van der Waals surface area contributed by atoms with E-state index in [0.717, 1.165) is 10.6 Å². The van der Waals surface area contributed by atoms with Crippen LogP contribution in [0.4, 0.5) is 5.00 Å². The summed E-state index contributed by atoms with van der Waals surface area (Å²) >= 11 is 2.46. The number of amides is 2. The molecule has 1 aromatic heterocycles. The van der Waals surface area contributed by atoms with E-state index in [-0.39, 0.29) is 11.3 Å². The van der Waals surface area contributed by atoms with Crippen LogP contribution in [0.2, 0.25) is 0 Å².